The van der Waals surface area contributed by atoms with Crippen molar-refractivity contribution in [2.45, 2.75) is 19.4 Å². The molecule has 3 nitrogen and oxygen atoms in total. The maximum absolute atomic E-state index is 6.50. The van der Waals surface area contributed by atoms with Crippen molar-refractivity contribution in [2.75, 3.05) is 18.4 Å². The lowest BCUT2D eigenvalue weighted by molar-refractivity contribution is 0.711. The Morgan fingerprint density at radius 1 is 1.12 bits per heavy atom. The number of benzene rings is 2. The van der Waals surface area contributed by atoms with Crippen molar-refractivity contribution in [3.63, 3.8) is 0 Å². The van der Waals surface area contributed by atoms with Gasteiger partial charge < -0.3 is 15.2 Å². The van der Waals surface area contributed by atoms with Crippen LogP contribution in [0.4, 0.5) is 5.69 Å². The van der Waals surface area contributed by atoms with Crippen molar-refractivity contribution in [1.82, 2.24) is 9.88 Å². The van der Waals surface area contributed by atoms with E-state index in [1.807, 2.05) is 6.07 Å². The van der Waals surface area contributed by atoms with Gasteiger partial charge in [-0.2, -0.15) is 0 Å². The fourth-order valence-electron chi connectivity index (χ4n) is 3.54. The molecule has 0 radical (unpaired) electrons. The number of halogens is 1. The summed E-state index contributed by atoms with van der Waals surface area (Å²) in [5.74, 6) is 0. The van der Waals surface area contributed by atoms with Gasteiger partial charge >= 0.3 is 0 Å². The third kappa shape index (κ3) is 2.90. The van der Waals surface area contributed by atoms with E-state index in [1.165, 1.54) is 27.6 Å². The summed E-state index contributed by atoms with van der Waals surface area (Å²) in [7, 11) is 2.08. The predicted octanol–water partition coefficient (Wildman–Crippen LogP) is 4.13. The zero-order valence-corrected chi connectivity index (χ0v) is 14.7. The lowest BCUT2D eigenvalue weighted by atomic mass is 10.0. The quantitative estimate of drug-likeness (QED) is 0.751. The van der Waals surface area contributed by atoms with Crippen LogP contribution in [0.2, 0.25) is 5.02 Å². The molecular weight excluding hydrogens is 318 g/mol. The number of aromatic nitrogens is 1. The number of hydrogen-bond acceptors (Lipinski definition) is 2. The predicted molar refractivity (Wildman–Crippen MR) is 102 cm³/mol. The summed E-state index contributed by atoms with van der Waals surface area (Å²) in [5.41, 5.74) is 6.41. The Labute approximate surface area is 147 Å². The van der Waals surface area contributed by atoms with E-state index < -0.39 is 0 Å². The molecule has 124 valence electrons. The standard InChI is InChI=1S/C20H22ClN3/c1-24-11-8-16-3-2-14(12-19(16)24)13-23-20-17-7-10-22-9-6-15(17)4-5-18(20)21/h2-5,8,11-12,22-23H,6-7,9-10,13H2,1H3. The average molecular weight is 340 g/mol. The smallest absolute Gasteiger partial charge is 0.0640 e. The molecule has 2 N–H and O–H groups in total. The molecule has 0 saturated heterocycles. The second-order valence-electron chi connectivity index (χ2n) is 6.48. The zero-order chi connectivity index (χ0) is 16.5. The first-order valence-corrected chi connectivity index (χ1v) is 8.89. The molecule has 0 saturated carbocycles. The fourth-order valence-corrected chi connectivity index (χ4v) is 3.79. The van der Waals surface area contributed by atoms with Gasteiger partial charge in [-0.05, 0) is 66.2 Å². The van der Waals surface area contributed by atoms with E-state index in [0.717, 1.165) is 43.2 Å². The third-order valence-electron chi connectivity index (χ3n) is 4.90. The number of hydrogen-bond donors (Lipinski definition) is 2. The van der Waals surface area contributed by atoms with Crippen LogP contribution in [0, 0.1) is 0 Å². The van der Waals surface area contributed by atoms with Crippen LogP contribution in [-0.2, 0) is 26.4 Å². The molecule has 0 bridgehead atoms. The summed E-state index contributed by atoms with van der Waals surface area (Å²) in [6, 6.07) is 13.0. The van der Waals surface area contributed by atoms with Crippen molar-refractivity contribution < 1.29 is 0 Å². The number of nitrogens with zero attached hydrogens (tertiary/aromatic N) is 1. The fraction of sp³-hybridized carbons (Fsp3) is 0.300. The molecule has 24 heavy (non-hydrogen) atoms. The van der Waals surface area contributed by atoms with Gasteiger partial charge in [0, 0.05) is 25.3 Å². The van der Waals surface area contributed by atoms with E-state index in [9.17, 15) is 0 Å². The first-order valence-electron chi connectivity index (χ1n) is 8.51. The summed E-state index contributed by atoms with van der Waals surface area (Å²) in [5, 5.41) is 9.15. The average Bonchev–Trinajstić information content (AvgIpc) is 2.81. The van der Waals surface area contributed by atoms with Gasteiger partial charge in [-0.15, -0.1) is 0 Å². The van der Waals surface area contributed by atoms with Gasteiger partial charge in [0.15, 0.2) is 0 Å². The van der Waals surface area contributed by atoms with Crippen LogP contribution < -0.4 is 10.6 Å². The topological polar surface area (TPSA) is 29.0 Å². The number of rotatable bonds is 3. The molecule has 0 aliphatic carbocycles. The molecule has 1 aromatic heterocycles. The van der Waals surface area contributed by atoms with Gasteiger partial charge in [-0.1, -0.05) is 29.8 Å². The number of anilines is 1. The van der Waals surface area contributed by atoms with Crippen molar-refractivity contribution in [3.8, 4) is 0 Å². The van der Waals surface area contributed by atoms with Crippen LogP contribution in [0.1, 0.15) is 16.7 Å². The van der Waals surface area contributed by atoms with Gasteiger partial charge in [0.05, 0.1) is 10.7 Å². The second kappa shape index (κ2) is 6.50. The molecule has 0 fully saturated rings. The summed E-state index contributed by atoms with van der Waals surface area (Å²) >= 11 is 6.50. The highest BCUT2D eigenvalue weighted by molar-refractivity contribution is 6.33. The first-order chi connectivity index (χ1) is 11.7. The summed E-state index contributed by atoms with van der Waals surface area (Å²) in [6.07, 6.45) is 4.19. The van der Waals surface area contributed by atoms with Crippen LogP contribution in [-0.4, -0.2) is 17.7 Å². The van der Waals surface area contributed by atoms with Crippen LogP contribution in [0.3, 0.4) is 0 Å². The van der Waals surface area contributed by atoms with Gasteiger partial charge in [0.1, 0.15) is 0 Å². The van der Waals surface area contributed by atoms with E-state index in [0.29, 0.717) is 0 Å². The van der Waals surface area contributed by atoms with Crippen molar-refractivity contribution in [3.05, 3.63) is 64.3 Å². The molecule has 4 rings (SSSR count). The minimum atomic E-state index is 0.782. The lowest BCUT2D eigenvalue weighted by Gasteiger charge is -2.16. The van der Waals surface area contributed by atoms with Crippen molar-refractivity contribution in [2.24, 2.45) is 7.05 Å². The minimum Gasteiger partial charge on any atom is -0.380 e. The SMILES string of the molecule is Cn1ccc2ccc(CNc3c(Cl)ccc4c3CCNCC4)cc21. The Balaban J connectivity index is 1.61. The first kappa shape index (κ1) is 15.6. The Kier molecular flexibility index (Phi) is 4.21. The summed E-state index contributed by atoms with van der Waals surface area (Å²) < 4.78 is 2.16. The Morgan fingerprint density at radius 2 is 2.00 bits per heavy atom. The van der Waals surface area contributed by atoms with Crippen molar-refractivity contribution >= 4 is 28.2 Å². The molecule has 0 atom stereocenters. The summed E-state index contributed by atoms with van der Waals surface area (Å²) in [4.78, 5) is 0. The molecule has 4 heteroatoms. The maximum Gasteiger partial charge on any atom is 0.0640 e. The number of fused-ring (bicyclic) bond motifs is 2. The van der Waals surface area contributed by atoms with Gasteiger partial charge in [0.2, 0.25) is 0 Å². The number of aryl methyl sites for hydroxylation is 1. The second-order valence-corrected chi connectivity index (χ2v) is 6.89. The molecule has 3 aromatic rings. The molecule has 0 unspecified atom stereocenters. The molecule has 2 heterocycles. The molecule has 0 amide bonds. The van der Waals surface area contributed by atoms with Gasteiger partial charge in [-0.25, -0.2) is 0 Å². The molecule has 1 aliphatic heterocycles. The maximum atomic E-state index is 6.50. The summed E-state index contributed by atoms with van der Waals surface area (Å²) in [6.45, 7) is 2.83. The van der Waals surface area contributed by atoms with Crippen LogP contribution in [0.15, 0.2) is 42.6 Å². The van der Waals surface area contributed by atoms with Crippen molar-refractivity contribution in [1.29, 1.82) is 0 Å². The molecular formula is C20H22ClN3. The normalized spacial score (nSPS) is 14.4. The highest BCUT2D eigenvalue weighted by Crippen LogP contribution is 2.31. The monoisotopic (exact) mass is 339 g/mol. The van der Waals surface area contributed by atoms with E-state index in [2.05, 4.69) is 58.8 Å². The van der Waals surface area contributed by atoms with E-state index >= 15 is 0 Å². The molecule has 0 spiro atoms. The highest BCUT2D eigenvalue weighted by atomic mass is 35.5. The van der Waals surface area contributed by atoms with E-state index in [4.69, 9.17) is 11.6 Å². The van der Waals surface area contributed by atoms with Gasteiger partial charge in [-0.3, -0.25) is 0 Å². The van der Waals surface area contributed by atoms with E-state index in [1.54, 1.807) is 0 Å². The van der Waals surface area contributed by atoms with Crippen LogP contribution >= 0.6 is 11.6 Å². The Bertz CT molecular complexity index is 882. The minimum absolute atomic E-state index is 0.782. The highest BCUT2D eigenvalue weighted by Gasteiger charge is 2.14. The third-order valence-corrected chi connectivity index (χ3v) is 5.22. The number of nitrogens with one attached hydrogen (secondary N) is 2. The Hall–Kier alpha value is -1.97. The Morgan fingerprint density at radius 3 is 2.92 bits per heavy atom. The largest absolute Gasteiger partial charge is 0.380 e. The van der Waals surface area contributed by atoms with Crippen LogP contribution in [0.25, 0.3) is 10.9 Å². The van der Waals surface area contributed by atoms with Gasteiger partial charge in [0.25, 0.3) is 0 Å². The lowest BCUT2D eigenvalue weighted by Crippen LogP contribution is -2.16. The molecule has 2 aromatic carbocycles. The van der Waals surface area contributed by atoms with Crippen LogP contribution in [0.5, 0.6) is 0 Å². The molecule has 1 aliphatic rings. The zero-order valence-electron chi connectivity index (χ0n) is 13.9. The van der Waals surface area contributed by atoms with E-state index in [-0.39, 0.29) is 0 Å².